The lowest BCUT2D eigenvalue weighted by molar-refractivity contribution is -0.0126. The third kappa shape index (κ3) is 1.40. The molecule has 2 unspecified atom stereocenters. The van der Waals surface area contributed by atoms with Gasteiger partial charge < -0.3 is 10.0 Å². The number of hydrogen-bond donors (Lipinski definition) is 1. The van der Waals surface area contributed by atoms with Crippen LogP contribution in [0.25, 0.3) is 0 Å². The topological polar surface area (TPSA) is 23.5 Å². The van der Waals surface area contributed by atoms with Gasteiger partial charge in [0.25, 0.3) is 0 Å². The molecule has 1 spiro atoms. The highest BCUT2D eigenvalue weighted by molar-refractivity contribution is 5.22. The molecule has 3 rings (SSSR count). The van der Waals surface area contributed by atoms with Gasteiger partial charge in [0.15, 0.2) is 0 Å². The minimum Gasteiger partial charge on any atom is -0.393 e. The van der Waals surface area contributed by atoms with E-state index in [1.54, 1.807) is 0 Å². The van der Waals surface area contributed by atoms with Crippen LogP contribution >= 0.6 is 0 Å². The van der Waals surface area contributed by atoms with Gasteiger partial charge in [-0.15, -0.1) is 0 Å². The largest absolute Gasteiger partial charge is 0.393 e. The summed E-state index contributed by atoms with van der Waals surface area (Å²) in [5.41, 5.74) is 0.179. The number of rotatable bonds is 0. The van der Waals surface area contributed by atoms with Crippen molar-refractivity contribution in [3.8, 4) is 0 Å². The van der Waals surface area contributed by atoms with Crippen molar-refractivity contribution < 1.29 is 5.11 Å². The highest BCUT2D eigenvalue weighted by Crippen LogP contribution is 2.54. The Hall–Kier alpha value is -0.600. The number of allylic oxidation sites excluding steroid dienone is 4. The molecule has 0 aromatic carbocycles. The Balaban J connectivity index is 1.88. The van der Waals surface area contributed by atoms with E-state index in [1.165, 1.54) is 0 Å². The van der Waals surface area contributed by atoms with Gasteiger partial charge in [-0.3, -0.25) is 0 Å². The summed E-state index contributed by atoms with van der Waals surface area (Å²) < 4.78 is 0. The van der Waals surface area contributed by atoms with E-state index in [1.807, 2.05) is 0 Å². The van der Waals surface area contributed by atoms with Crippen molar-refractivity contribution in [1.29, 1.82) is 0 Å². The maximum Gasteiger partial charge on any atom is 0.0609 e. The molecule has 88 valence electrons. The first-order valence-corrected chi connectivity index (χ1v) is 6.44. The highest BCUT2D eigenvalue weighted by atomic mass is 16.3. The van der Waals surface area contributed by atoms with E-state index in [0.29, 0.717) is 11.8 Å². The van der Waals surface area contributed by atoms with Crippen molar-refractivity contribution in [3.63, 3.8) is 0 Å². The highest BCUT2D eigenvalue weighted by Gasteiger charge is 2.53. The summed E-state index contributed by atoms with van der Waals surface area (Å²) in [5, 5.41) is 10.4. The minimum atomic E-state index is -0.0939. The number of aliphatic hydroxyl groups is 1. The monoisotopic (exact) mass is 219 g/mol. The van der Waals surface area contributed by atoms with Crippen LogP contribution in [0.1, 0.15) is 19.3 Å². The summed E-state index contributed by atoms with van der Waals surface area (Å²) in [7, 11) is 2.18. The lowest BCUT2D eigenvalue weighted by atomic mass is 9.67. The Kier molecular flexibility index (Phi) is 2.45. The van der Waals surface area contributed by atoms with Gasteiger partial charge in [0.05, 0.1) is 6.10 Å². The van der Waals surface area contributed by atoms with Gasteiger partial charge in [-0.2, -0.15) is 0 Å². The van der Waals surface area contributed by atoms with Gasteiger partial charge in [-0.1, -0.05) is 24.3 Å². The molecule has 0 amide bonds. The zero-order chi connectivity index (χ0) is 11.2. The first-order valence-electron chi connectivity index (χ1n) is 6.44. The van der Waals surface area contributed by atoms with Crippen LogP contribution in [0.3, 0.4) is 0 Å². The second kappa shape index (κ2) is 3.71. The average Bonchev–Trinajstić information content (AvgIpc) is 2.57. The van der Waals surface area contributed by atoms with Crippen LogP contribution < -0.4 is 0 Å². The Morgan fingerprint density at radius 1 is 1.19 bits per heavy atom. The molecule has 1 heterocycles. The van der Waals surface area contributed by atoms with Crippen molar-refractivity contribution in [3.05, 3.63) is 24.3 Å². The van der Waals surface area contributed by atoms with E-state index in [9.17, 15) is 5.11 Å². The van der Waals surface area contributed by atoms with Crippen LogP contribution in [0.2, 0.25) is 0 Å². The molecule has 1 saturated heterocycles. The first-order chi connectivity index (χ1) is 7.72. The second-order valence-corrected chi connectivity index (χ2v) is 5.75. The van der Waals surface area contributed by atoms with E-state index in [2.05, 4.69) is 36.3 Å². The van der Waals surface area contributed by atoms with E-state index < -0.39 is 0 Å². The number of aliphatic hydroxyl groups excluding tert-OH is 1. The number of fused-ring (bicyclic) bond motifs is 2. The Labute approximate surface area is 97.6 Å². The van der Waals surface area contributed by atoms with E-state index >= 15 is 0 Å². The molecule has 16 heavy (non-hydrogen) atoms. The van der Waals surface area contributed by atoms with Gasteiger partial charge in [0, 0.05) is 5.41 Å². The fourth-order valence-corrected chi connectivity index (χ4v) is 3.91. The van der Waals surface area contributed by atoms with Gasteiger partial charge in [-0.05, 0) is 51.2 Å². The van der Waals surface area contributed by atoms with Crippen molar-refractivity contribution in [2.45, 2.75) is 25.4 Å². The predicted octanol–water partition coefficient (Wildman–Crippen LogP) is 1.82. The number of likely N-dealkylation sites (tertiary alicyclic amines) is 1. The van der Waals surface area contributed by atoms with E-state index in [4.69, 9.17) is 0 Å². The summed E-state index contributed by atoms with van der Waals surface area (Å²) >= 11 is 0. The molecule has 3 aliphatic rings. The molecule has 0 aromatic heterocycles. The van der Waals surface area contributed by atoms with Crippen LogP contribution in [-0.2, 0) is 0 Å². The molecule has 2 nitrogen and oxygen atoms in total. The Bertz CT molecular complexity index is 326. The summed E-state index contributed by atoms with van der Waals surface area (Å²) in [6, 6.07) is 0. The van der Waals surface area contributed by atoms with Crippen molar-refractivity contribution >= 4 is 0 Å². The molecule has 0 bridgehead atoms. The average molecular weight is 219 g/mol. The summed E-state index contributed by atoms with van der Waals surface area (Å²) in [6.45, 7) is 2.27. The van der Waals surface area contributed by atoms with Crippen LogP contribution in [0.15, 0.2) is 24.3 Å². The van der Waals surface area contributed by atoms with Gasteiger partial charge in [0.1, 0.15) is 0 Å². The summed E-state index contributed by atoms with van der Waals surface area (Å²) in [5.74, 6) is 1.17. The SMILES string of the molecule is CN1CCC2(CC1)C1C=CC=CC1C[C@H]2O. The van der Waals surface area contributed by atoms with E-state index in [-0.39, 0.29) is 11.5 Å². The smallest absolute Gasteiger partial charge is 0.0609 e. The predicted molar refractivity (Wildman–Crippen MR) is 65.0 cm³/mol. The lowest BCUT2D eigenvalue weighted by Gasteiger charge is -2.44. The molecule has 2 heteroatoms. The molecule has 1 aliphatic heterocycles. The molecule has 2 aliphatic carbocycles. The first kappa shape index (κ1) is 10.5. The van der Waals surface area contributed by atoms with E-state index in [0.717, 1.165) is 32.4 Å². The van der Waals surface area contributed by atoms with Crippen LogP contribution in [0.5, 0.6) is 0 Å². The maximum atomic E-state index is 10.4. The quantitative estimate of drug-likeness (QED) is 0.672. The number of piperidine rings is 1. The fraction of sp³-hybridized carbons (Fsp3) is 0.714. The standard InChI is InChI=1S/C14H21NO/c1-15-8-6-14(7-9-15)12-5-3-2-4-11(12)10-13(14)16/h2-5,11-13,16H,6-10H2,1H3/t11?,12?,13-/m1/s1. The number of hydrogen-bond acceptors (Lipinski definition) is 2. The molecule has 1 N–H and O–H groups in total. The normalized spacial score (nSPS) is 41.5. The Morgan fingerprint density at radius 3 is 2.62 bits per heavy atom. The molecular formula is C14H21NO. The van der Waals surface area contributed by atoms with Crippen molar-refractivity contribution in [1.82, 2.24) is 4.90 Å². The van der Waals surface area contributed by atoms with Gasteiger partial charge in [0.2, 0.25) is 0 Å². The number of nitrogens with zero attached hydrogens (tertiary/aromatic N) is 1. The van der Waals surface area contributed by atoms with Gasteiger partial charge in [-0.25, -0.2) is 0 Å². The molecular weight excluding hydrogens is 198 g/mol. The lowest BCUT2D eigenvalue weighted by Crippen LogP contribution is -2.45. The molecule has 2 fully saturated rings. The molecule has 0 radical (unpaired) electrons. The van der Waals surface area contributed by atoms with Crippen LogP contribution in [0, 0.1) is 17.3 Å². The Morgan fingerprint density at radius 2 is 1.88 bits per heavy atom. The summed E-state index contributed by atoms with van der Waals surface area (Å²) in [4.78, 5) is 2.38. The van der Waals surface area contributed by atoms with Crippen molar-refractivity contribution in [2.24, 2.45) is 17.3 Å². The maximum absolute atomic E-state index is 10.4. The van der Waals surface area contributed by atoms with Gasteiger partial charge >= 0.3 is 0 Å². The third-order valence-corrected chi connectivity index (χ3v) is 4.99. The van der Waals surface area contributed by atoms with Crippen LogP contribution in [0.4, 0.5) is 0 Å². The zero-order valence-corrected chi connectivity index (χ0v) is 9.97. The minimum absolute atomic E-state index is 0.0939. The summed E-state index contributed by atoms with van der Waals surface area (Å²) in [6.07, 6.45) is 12.1. The molecule has 0 aromatic rings. The third-order valence-electron chi connectivity index (χ3n) is 4.99. The molecule has 1 saturated carbocycles. The fourth-order valence-electron chi connectivity index (χ4n) is 3.91. The zero-order valence-electron chi connectivity index (χ0n) is 9.97. The van der Waals surface area contributed by atoms with Crippen molar-refractivity contribution in [2.75, 3.05) is 20.1 Å². The van der Waals surface area contributed by atoms with Crippen LogP contribution in [-0.4, -0.2) is 36.2 Å². The molecule has 3 atom stereocenters. The second-order valence-electron chi connectivity index (χ2n) is 5.75.